The molecule has 11 heteroatoms. The highest BCUT2D eigenvalue weighted by Gasteiger charge is 2.25. The Kier molecular flexibility index (Phi) is 7.78. The molecule has 1 atom stereocenters. The maximum atomic E-state index is 14.2. The molecule has 4 aromatic rings. The van der Waals surface area contributed by atoms with E-state index in [9.17, 15) is 9.18 Å². The second-order valence-electron chi connectivity index (χ2n) is 9.99. The molecule has 1 saturated heterocycles. The van der Waals surface area contributed by atoms with Crippen molar-refractivity contribution in [3.8, 4) is 11.9 Å². The molecule has 0 saturated carbocycles. The zero-order chi connectivity index (χ0) is 28.3. The number of carbonyl (C=O) groups excluding carboxylic acids is 1. The number of hydrogen-bond acceptors (Lipinski definition) is 9. The molecule has 5 heterocycles. The van der Waals surface area contributed by atoms with Crippen molar-refractivity contribution >= 4 is 33.2 Å². The molecule has 1 aromatic carbocycles. The lowest BCUT2D eigenvalue weighted by atomic mass is 10.0. The number of methoxy groups -OCH3 is 1. The molecule has 6 rings (SSSR count). The molecule has 0 spiro atoms. The second kappa shape index (κ2) is 11.8. The fourth-order valence-electron chi connectivity index (χ4n) is 4.97. The summed E-state index contributed by atoms with van der Waals surface area (Å²) in [6, 6.07) is 13.7. The van der Waals surface area contributed by atoms with Gasteiger partial charge in [0.15, 0.2) is 0 Å². The van der Waals surface area contributed by atoms with E-state index in [-0.39, 0.29) is 24.2 Å². The van der Waals surface area contributed by atoms with E-state index >= 15 is 0 Å². The van der Waals surface area contributed by atoms with E-state index in [1.165, 1.54) is 24.5 Å². The quantitative estimate of drug-likeness (QED) is 0.259. The highest BCUT2D eigenvalue weighted by molar-refractivity contribution is 7.20. The van der Waals surface area contributed by atoms with Gasteiger partial charge in [-0.1, -0.05) is 18.2 Å². The Morgan fingerprint density at radius 3 is 2.85 bits per heavy atom. The highest BCUT2D eigenvalue weighted by atomic mass is 32.1. The van der Waals surface area contributed by atoms with Crippen LogP contribution in [0.15, 0.2) is 48.5 Å². The number of esters is 1. The van der Waals surface area contributed by atoms with Crippen LogP contribution in [-0.2, 0) is 29.2 Å². The van der Waals surface area contributed by atoms with Crippen molar-refractivity contribution in [2.45, 2.75) is 38.6 Å². The summed E-state index contributed by atoms with van der Waals surface area (Å²) in [6.07, 6.45) is 4.17. The fourth-order valence-corrected chi connectivity index (χ4v) is 5.94. The van der Waals surface area contributed by atoms with E-state index in [1.54, 1.807) is 18.2 Å². The third-order valence-electron chi connectivity index (χ3n) is 7.36. The van der Waals surface area contributed by atoms with Crippen LogP contribution in [0.4, 0.5) is 4.39 Å². The molecular weight excluding hydrogens is 545 g/mol. The predicted molar refractivity (Wildman–Crippen MR) is 151 cm³/mol. The van der Waals surface area contributed by atoms with Gasteiger partial charge in [-0.3, -0.25) is 4.90 Å². The summed E-state index contributed by atoms with van der Waals surface area (Å²) in [4.78, 5) is 25.3. The topological polar surface area (TPSA) is 102 Å². The first kappa shape index (κ1) is 27.1. The molecule has 0 N–H and O–H groups in total. The first-order chi connectivity index (χ1) is 20.0. The SMILES string of the molecule is COC(=O)c1cc2c(nc(CN3CC=C(c4cccc(OCc5ccc(C#N)cc5F)n4)CC3)n2CC2CCO2)s1. The molecule has 3 aromatic heterocycles. The van der Waals surface area contributed by atoms with Crippen molar-refractivity contribution in [3.05, 3.63) is 81.9 Å². The molecule has 2 aliphatic rings. The lowest BCUT2D eigenvalue weighted by Crippen LogP contribution is -2.33. The van der Waals surface area contributed by atoms with Crippen molar-refractivity contribution in [2.24, 2.45) is 0 Å². The number of hydrogen-bond donors (Lipinski definition) is 0. The Labute approximate surface area is 240 Å². The van der Waals surface area contributed by atoms with E-state index < -0.39 is 5.82 Å². The van der Waals surface area contributed by atoms with Crippen molar-refractivity contribution in [2.75, 3.05) is 26.8 Å². The van der Waals surface area contributed by atoms with Gasteiger partial charge in [-0.25, -0.2) is 19.2 Å². The largest absolute Gasteiger partial charge is 0.473 e. The normalized spacial score (nSPS) is 17.1. The van der Waals surface area contributed by atoms with Gasteiger partial charge in [-0.2, -0.15) is 5.26 Å². The van der Waals surface area contributed by atoms with Crippen LogP contribution < -0.4 is 4.74 Å². The van der Waals surface area contributed by atoms with Crippen LogP contribution in [0.1, 0.15) is 45.2 Å². The number of nitriles is 1. The van der Waals surface area contributed by atoms with Gasteiger partial charge in [0.05, 0.1) is 49.1 Å². The number of fused-ring (bicyclic) bond motifs is 1. The molecule has 1 fully saturated rings. The van der Waals surface area contributed by atoms with Crippen LogP contribution in [0.3, 0.4) is 0 Å². The van der Waals surface area contributed by atoms with Crippen molar-refractivity contribution in [1.82, 2.24) is 19.4 Å². The summed E-state index contributed by atoms with van der Waals surface area (Å²) in [5.74, 6) is 0.555. The summed E-state index contributed by atoms with van der Waals surface area (Å²) in [7, 11) is 1.39. The summed E-state index contributed by atoms with van der Waals surface area (Å²) in [5.41, 5.74) is 3.55. The number of pyridine rings is 1. The lowest BCUT2D eigenvalue weighted by Gasteiger charge is -2.29. The number of benzene rings is 1. The van der Waals surface area contributed by atoms with E-state index in [0.29, 0.717) is 29.4 Å². The van der Waals surface area contributed by atoms with Crippen LogP contribution in [0, 0.1) is 17.1 Å². The number of nitrogens with zero attached hydrogens (tertiary/aromatic N) is 5. The van der Waals surface area contributed by atoms with E-state index in [1.807, 2.05) is 24.3 Å². The van der Waals surface area contributed by atoms with Gasteiger partial charge in [0.1, 0.15) is 28.0 Å². The second-order valence-corrected chi connectivity index (χ2v) is 11.0. The molecule has 2 aliphatic heterocycles. The van der Waals surface area contributed by atoms with Crippen molar-refractivity contribution in [3.63, 3.8) is 0 Å². The van der Waals surface area contributed by atoms with Crippen molar-refractivity contribution in [1.29, 1.82) is 5.26 Å². The molecule has 210 valence electrons. The Bertz CT molecular complexity index is 1670. The maximum Gasteiger partial charge on any atom is 0.348 e. The Hall–Kier alpha value is -4.11. The number of rotatable bonds is 9. The van der Waals surface area contributed by atoms with Crippen LogP contribution >= 0.6 is 11.3 Å². The highest BCUT2D eigenvalue weighted by Crippen LogP contribution is 2.30. The molecule has 41 heavy (non-hydrogen) atoms. The minimum Gasteiger partial charge on any atom is -0.473 e. The molecule has 9 nitrogen and oxygen atoms in total. The van der Waals surface area contributed by atoms with Crippen LogP contribution in [0.5, 0.6) is 5.88 Å². The summed E-state index contributed by atoms with van der Waals surface area (Å²) in [5, 5.41) is 8.93. The molecule has 0 amide bonds. The van der Waals surface area contributed by atoms with Crippen LogP contribution in [-0.4, -0.2) is 58.3 Å². The van der Waals surface area contributed by atoms with Gasteiger partial charge < -0.3 is 18.8 Å². The van der Waals surface area contributed by atoms with Crippen LogP contribution in [0.25, 0.3) is 15.9 Å². The molecule has 0 radical (unpaired) electrons. The van der Waals surface area contributed by atoms with Gasteiger partial charge in [-0.05, 0) is 42.7 Å². The zero-order valence-electron chi connectivity index (χ0n) is 22.5. The zero-order valence-corrected chi connectivity index (χ0v) is 23.3. The third-order valence-corrected chi connectivity index (χ3v) is 8.36. The Morgan fingerprint density at radius 2 is 2.15 bits per heavy atom. The standard InChI is InChI=1S/C30H28FN5O4S/c1-38-30(37)26-14-25-29(41-26)34-27(36(25)16-22-9-12-39-22)17-35-10-7-20(8-11-35)24-3-2-4-28(33-24)40-18-21-6-5-19(15-32)13-23(21)31/h2-7,13-14,22H,8-12,16-18H2,1H3. The van der Waals surface area contributed by atoms with Crippen LogP contribution in [0.2, 0.25) is 0 Å². The van der Waals surface area contributed by atoms with E-state index in [2.05, 4.69) is 20.5 Å². The minimum atomic E-state index is -0.472. The molecule has 0 aliphatic carbocycles. The molecule has 1 unspecified atom stereocenters. The third kappa shape index (κ3) is 5.86. The smallest absolute Gasteiger partial charge is 0.348 e. The minimum absolute atomic E-state index is 0.0257. The van der Waals surface area contributed by atoms with Gasteiger partial charge in [0.2, 0.25) is 5.88 Å². The first-order valence-corrected chi connectivity index (χ1v) is 14.2. The van der Waals surface area contributed by atoms with Gasteiger partial charge >= 0.3 is 5.97 Å². The number of carbonyl (C=O) groups is 1. The monoisotopic (exact) mass is 573 g/mol. The predicted octanol–water partition coefficient (Wildman–Crippen LogP) is 4.95. The number of halogens is 1. The van der Waals surface area contributed by atoms with Crippen molar-refractivity contribution < 1.29 is 23.4 Å². The van der Waals surface area contributed by atoms with E-state index in [4.69, 9.17) is 24.5 Å². The summed E-state index contributed by atoms with van der Waals surface area (Å²) < 4.78 is 32.8. The first-order valence-electron chi connectivity index (χ1n) is 13.4. The summed E-state index contributed by atoms with van der Waals surface area (Å²) >= 11 is 1.35. The maximum absolute atomic E-state index is 14.2. The molecule has 0 bridgehead atoms. The van der Waals surface area contributed by atoms with E-state index in [0.717, 1.165) is 60.0 Å². The van der Waals surface area contributed by atoms with Gasteiger partial charge in [0.25, 0.3) is 0 Å². The number of aromatic nitrogens is 3. The Balaban J connectivity index is 1.13. The Morgan fingerprint density at radius 1 is 1.27 bits per heavy atom. The van der Waals surface area contributed by atoms with Gasteiger partial charge in [0, 0.05) is 31.3 Å². The number of thiophene rings is 1. The van der Waals surface area contributed by atoms with Gasteiger partial charge in [-0.15, -0.1) is 11.3 Å². The number of ether oxygens (including phenoxy) is 3. The average Bonchev–Trinajstić information content (AvgIpc) is 3.52. The molecular formula is C30H28FN5O4S. The lowest BCUT2D eigenvalue weighted by molar-refractivity contribution is -0.0591. The average molecular weight is 574 g/mol. The number of imidazole rings is 1. The fraction of sp³-hybridized carbons (Fsp3) is 0.333. The summed E-state index contributed by atoms with van der Waals surface area (Å²) in [6.45, 7) is 3.77.